The summed E-state index contributed by atoms with van der Waals surface area (Å²) in [6.07, 6.45) is 5.72. The van der Waals surface area contributed by atoms with E-state index in [4.69, 9.17) is 0 Å². The van der Waals surface area contributed by atoms with Crippen molar-refractivity contribution in [2.24, 2.45) is 5.92 Å². The Bertz CT molecular complexity index is 218. The summed E-state index contributed by atoms with van der Waals surface area (Å²) in [5, 5.41) is 3.11. The number of carbonyl (C=O) groups is 1. The summed E-state index contributed by atoms with van der Waals surface area (Å²) in [6, 6.07) is 0.520. The molecule has 0 bridgehead atoms. The highest BCUT2D eigenvalue weighted by Crippen LogP contribution is 2.22. The van der Waals surface area contributed by atoms with Crippen LogP contribution in [0.1, 0.15) is 39.0 Å². The molecule has 15 heavy (non-hydrogen) atoms. The second-order valence-electron chi connectivity index (χ2n) is 4.90. The zero-order valence-electron chi connectivity index (χ0n) is 9.67. The molecule has 3 heteroatoms. The maximum Gasteiger partial charge on any atom is 0.223 e. The second-order valence-corrected chi connectivity index (χ2v) is 4.90. The van der Waals surface area contributed by atoms with E-state index in [1.165, 1.54) is 25.8 Å². The van der Waals surface area contributed by atoms with Gasteiger partial charge in [-0.1, -0.05) is 6.92 Å². The number of hydrogen-bond donors (Lipinski definition) is 1. The van der Waals surface area contributed by atoms with Crippen LogP contribution in [-0.2, 0) is 4.79 Å². The van der Waals surface area contributed by atoms with Gasteiger partial charge in [-0.25, -0.2) is 0 Å². The Morgan fingerprint density at radius 1 is 1.27 bits per heavy atom. The predicted molar refractivity (Wildman–Crippen MR) is 60.6 cm³/mol. The van der Waals surface area contributed by atoms with Gasteiger partial charge in [0, 0.05) is 12.0 Å². The molecule has 86 valence electrons. The van der Waals surface area contributed by atoms with Crippen molar-refractivity contribution < 1.29 is 4.79 Å². The van der Waals surface area contributed by atoms with Gasteiger partial charge in [0.1, 0.15) is 0 Å². The fraction of sp³-hybridized carbons (Fsp3) is 0.917. The quantitative estimate of drug-likeness (QED) is 0.760. The molecule has 1 aliphatic carbocycles. The molecule has 1 heterocycles. The molecule has 0 spiro atoms. The minimum Gasteiger partial charge on any atom is -0.353 e. The monoisotopic (exact) mass is 210 g/mol. The number of nitrogens with one attached hydrogen (secondary N) is 1. The van der Waals surface area contributed by atoms with Crippen LogP contribution in [0.4, 0.5) is 0 Å². The first-order valence-electron chi connectivity index (χ1n) is 6.32. The van der Waals surface area contributed by atoms with Gasteiger partial charge in [-0.05, 0) is 51.7 Å². The summed E-state index contributed by atoms with van der Waals surface area (Å²) in [4.78, 5) is 14.3. The molecular weight excluding hydrogens is 188 g/mol. The Morgan fingerprint density at radius 2 is 1.93 bits per heavy atom. The number of nitrogens with zero attached hydrogens (tertiary/aromatic N) is 1. The molecule has 2 rings (SSSR count). The van der Waals surface area contributed by atoms with Gasteiger partial charge in [0.25, 0.3) is 0 Å². The van der Waals surface area contributed by atoms with E-state index in [0.29, 0.717) is 17.9 Å². The van der Waals surface area contributed by atoms with Gasteiger partial charge in [0.15, 0.2) is 0 Å². The summed E-state index contributed by atoms with van der Waals surface area (Å²) in [5.74, 6) is 0.604. The zero-order chi connectivity index (χ0) is 10.7. The molecule has 0 aromatic rings. The molecular formula is C12H22N2O. The summed E-state index contributed by atoms with van der Waals surface area (Å²) in [5.41, 5.74) is 0. The van der Waals surface area contributed by atoms with Crippen molar-refractivity contribution in [1.82, 2.24) is 10.2 Å². The van der Waals surface area contributed by atoms with Crippen LogP contribution in [0, 0.1) is 5.92 Å². The van der Waals surface area contributed by atoms with E-state index in [2.05, 4.69) is 17.1 Å². The Morgan fingerprint density at radius 3 is 2.47 bits per heavy atom. The highest BCUT2D eigenvalue weighted by atomic mass is 16.2. The first-order valence-corrected chi connectivity index (χ1v) is 6.32. The van der Waals surface area contributed by atoms with Crippen LogP contribution in [0.3, 0.4) is 0 Å². The first kappa shape index (κ1) is 10.9. The van der Waals surface area contributed by atoms with E-state index in [9.17, 15) is 4.79 Å². The highest BCUT2D eigenvalue weighted by molar-refractivity contribution is 5.79. The summed E-state index contributed by atoms with van der Waals surface area (Å²) >= 11 is 0. The molecule has 3 nitrogen and oxygen atoms in total. The van der Waals surface area contributed by atoms with Crippen molar-refractivity contribution in [3.8, 4) is 0 Å². The lowest BCUT2D eigenvalue weighted by atomic mass is 9.96. The minimum atomic E-state index is 0.290. The number of piperidine rings is 1. The lowest BCUT2D eigenvalue weighted by molar-refractivity contribution is -0.126. The predicted octanol–water partition coefficient (Wildman–Crippen LogP) is 1.39. The molecule has 0 unspecified atom stereocenters. The first-order chi connectivity index (χ1) is 7.29. The third-order valence-electron chi connectivity index (χ3n) is 3.42. The van der Waals surface area contributed by atoms with Gasteiger partial charge < -0.3 is 10.2 Å². The molecule has 0 atom stereocenters. The molecule has 1 saturated heterocycles. The minimum absolute atomic E-state index is 0.290. The van der Waals surface area contributed by atoms with Gasteiger partial charge in [0.05, 0.1) is 0 Å². The highest BCUT2D eigenvalue weighted by Gasteiger charge is 2.29. The third kappa shape index (κ3) is 3.20. The van der Waals surface area contributed by atoms with Gasteiger partial charge in [-0.15, -0.1) is 0 Å². The molecule has 0 aromatic heterocycles. The van der Waals surface area contributed by atoms with Gasteiger partial charge in [-0.2, -0.15) is 0 Å². The largest absolute Gasteiger partial charge is 0.353 e. The number of amides is 1. The van der Waals surface area contributed by atoms with E-state index in [0.717, 1.165) is 25.9 Å². The average molecular weight is 210 g/mol. The number of carbonyl (C=O) groups excluding carboxylic acids is 1. The maximum absolute atomic E-state index is 11.8. The Balaban J connectivity index is 1.69. The van der Waals surface area contributed by atoms with E-state index in [1.54, 1.807) is 0 Å². The third-order valence-corrected chi connectivity index (χ3v) is 3.42. The fourth-order valence-corrected chi connectivity index (χ4v) is 2.28. The Labute approximate surface area is 92.2 Å². The number of likely N-dealkylation sites (tertiary alicyclic amines) is 1. The fourth-order valence-electron chi connectivity index (χ4n) is 2.28. The van der Waals surface area contributed by atoms with E-state index < -0.39 is 0 Å². The molecule has 2 aliphatic rings. The van der Waals surface area contributed by atoms with Crippen LogP contribution in [0.15, 0.2) is 0 Å². The SMILES string of the molecule is CCCN1CCC(C(=O)NC2CC2)CC1. The molecule has 1 N–H and O–H groups in total. The van der Waals surface area contributed by atoms with Crippen LogP contribution < -0.4 is 5.32 Å². The van der Waals surface area contributed by atoms with Crippen LogP contribution in [0.2, 0.25) is 0 Å². The Kier molecular flexibility index (Phi) is 3.62. The topological polar surface area (TPSA) is 32.3 Å². The zero-order valence-corrected chi connectivity index (χ0v) is 9.67. The molecule has 1 amide bonds. The van der Waals surface area contributed by atoms with E-state index in [-0.39, 0.29) is 0 Å². The number of hydrogen-bond acceptors (Lipinski definition) is 2. The van der Waals surface area contributed by atoms with Crippen molar-refractivity contribution in [1.29, 1.82) is 0 Å². The smallest absolute Gasteiger partial charge is 0.223 e. The van der Waals surface area contributed by atoms with E-state index >= 15 is 0 Å². The van der Waals surface area contributed by atoms with Crippen LogP contribution >= 0.6 is 0 Å². The van der Waals surface area contributed by atoms with E-state index in [1.807, 2.05) is 0 Å². The maximum atomic E-state index is 11.8. The van der Waals surface area contributed by atoms with Crippen molar-refractivity contribution in [2.75, 3.05) is 19.6 Å². The van der Waals surface area contributed by atoms with Crippen LogP contribution in [-0.4, -0.2) is 36.5 Å². The summed E-state index contributed by atoms with van der Waals surface area (Å²) in [7, 11) is 0. The van der Waals surface area contributed by atoms with Crippen molar-refractivity contribution in [3.05, 3.63) is 0 Å². The number of rotatable bonds is 4. The normalized spacial score (nSPS) is 24.1. The average Bonchev–Trinajstić information content (AvgIpc) is 3.03. The molecule has 0 radical (unpaired) electrons. The van der Waals surface area contributed by atoms with Gasteiger partial charge in [-0.3, -0.25) is 4.79 Å². The lowest BCUT2D eigenvalue weighted by Gasteiger charge is -2.30. The molecule has 0 aromatic carbocycles. The van der Waals surface area contributed by atoms with Gasteiger partial charge in [0.2, 0.25) is 5.91 Å². The Hall–Kier alpha value is -0.570. The molecule has 2 fully saturated rings. The molecule has 1 saturated carbocycles. The van der Waals surface area contributed by atoms with Crippen molar-refractivity contribution in [3.63, 3.8) is 0 Å². The summed E-state index contributed by atoms with van der Waals surface area (Å²) < 4.78 is 0. The van der Waals surface area contributed by atoms with Crippen molar-refractivity contribution in [2.45, 2.75) is 45.1 Å². The van der Waals surface area contributed by atoms with Crippen molar-refractivity contribution >= 4 is 5.91 Å². The lowest BCUT2D eigenvalue weighted by Crippen LogP contribution is -2.41. The summed E-state index contributed by atoms with van der Waals surface area (Å²) in [6.45, 7) is 5.62. The van der Waals surface area contributed by atoms with Gasteiger partial charge >= 0.3 is 0 Å². The second kappa shape index (κ2) is 4.97. The standard InChI is InChI=1S/C12H22N2O/c1-2-7-14-8-5-10(6-9-14)12(15)13-11-3-4-11/h10-11H,2-9H2,1H3,(H,13,15). The van der Waals surface area contributed by atoms with Crippen LogP contribution in [0.25, 0.3) is 0 Å². The molecule has 1 aliphatic heterocycles. The van der Waals surface area contributed by atoms with Crippen LogP contribution in [0.5, 0.6) is 0 Å².